The molecule has 4 rings (SSSR count). The zero-order valence-corrected chi connectivity index (χ0v) is 15.8. The minimum absolute atomic E-state index is 0.114. The molecule has 2 fully saturated rings. The second-order valence-corrected chi connectivity index (χ2v) is 7.21. The Morgan fingerprint density at radius 3 is 2.61 bits per heavy atom. The van der Waals surface area contributed by atoms with Crippen LogP contribution in [0.1, 0.15) is 19.3 Å². The average Bonchev–Trinajstić information content (AvgIpc) is 3.23. The number of carbonyl (C=O) groups excluding carboxylic acids is 1. The smallest absolute Gasteiger partial charge is 0.241 e. The number of hydrogen-bond acceptors (Lipinski definition) is 7. The van der Waals surface area contributed by atoms with Crippen LogP contribution in [0.5, 0.6) is 5.75 Å². The van der Waals surface area contributed by atoms with Gasteiger partial charge in [0.15, 0.2) is 0 Å². The quantitative estimate of drug-likeness (QED) is 0.691. The van der Waals surface area contributed by atoms with Crippen molar-refractivity contribution in [2.45, 2.75) is 37.4 Å². The highest BCUT2D eigenvalue weighted by atomic mass is 16.5. The van der Waals surface area contributed by atoms with Gasteiger partial charge in [-0.3, -0.25) is 10.2 Å². The first kappa shape index (κ1) is 18.6. The fourth-order valence-electron chi connectivity index (χ4n) is 3.63. The molecule has 0 aliphatic carbocycles. The van der Waals surface area contributed by atoms with Crippen LogP contribution in [0.25, 0.3) is 0 Å². The number of hydrazine groups is 1. The first-order chi connectivity index (χ1) is 13.8. The van der Waals surface area contributed by atoms with Crippen molar-refractivity contribution in [2.75, 3.05) is 25.0 Å². The van der Waals surface area contributed by atoms with Gasteiger partial charge >= 0.3 is 0 Å². The molecule has 0 saturated carbocycles. The number of carbonyl (C=O) groups is 1. The van der Waals surface area contributed by atoms with E-state index in [0.29, 0.717) is 18.6 Å². The van der Waals surface area contributed by atoms with E-state index in [1.165, 1.54) is 0 Å². The molecule has 0 spiro atoms. The maximum Gasteiger partial charge on any atom is 0.241 e. The number of piperidine rings is 1. The minimum atomic E-state index is -0.202. The molecular formula is C20H26N6O2. The SMILES string of the molecule is O=C(C1CC(COc2ccccc2)NN1)N1CCC(Nc2ncccn2)CC1. The number of ether oxygens (including phenoxy) is 1. The number of para-hydroxylation sites is 1. The Labute approximate surface area is 164 Å². The summed E-state index contributed by atoms with van der Waals surface area (Å²) in [5.74, 6) is 1.65. The Balaban J connectivity index is 1.20. The monoisotopic (exact) mass is 382 g/mol. The van der Waals surface area contributed by atoms with E-state index >= 15 is 0 Å². The molecule has 3 heterocycles. The molecule has 2 aromatic rings. The van der Waals surface area contributed by atoms with Crippen molar-refractivity contribution in [3.63, 3.8) is 0 Å². The van der Waals surface area contributed by atoms with E-state index in [2.05, 4.69) is 26.1 Å². The summed E-state index contributed by atoms with van der Waals surface area (Å²) in [7, 11) is 0. The topological polar surface area (TPSA) is 91.4 Å². The summed E-state index contributed by atoms with van der Waals surface area (Å²) in [6.07, 6.45) is 5.96. The zero-order valence-electron chi connectivity index (χ0n) is 15.8. The maximum atomic E-state index is 12.8. The van der Waals surface area contributed by atoms with Gasteiger partial charge in [0.2, 0.25) is 11.9 Å². The zero-order chi connectivity index (χ0) is 19.2. The number of rotatable bonds is 6. The van der Waals surface area contributed by atoms with E-state index in [4.69, 9.17) is 4.74 Å². The normalized spacial score (nSPS) is 22.8. The summed E-state index contributed by atoms with van der Waals surface area (Å²) in [6.45, 7) is 2.02. The predicted molar refractivity (Wildman–Crippen MR) is 106 cm³/mol. The van der Waals surface area contributed by atoms with E-state index in [-0.39, 0.29) is 18.0 Å². The molecule has 8 heteroatoms. The summed E-state index contributed by atoms with van der Waals surface area (Å²) in [5, 5.41) is 3.34. The molecule has 2 unspecified atom stereocenters. The third-order valence-electron chi connectivity index (χ3n) is 5.18. The lowest BCUT2D eigenvalue weighted by molar-refractivity contribution is -0.134. The fourth-order valence-corrected chi connectivity index (χ4v) is 3.63. The van der Waals surface area contributed by atoms with Crippen LogP contribution in [0, 0.1) is 0 Å². The summed E-state index contributed by atoms with van der Waals surface area (Å²) < 4.78 is 5.79. The summed E-state index contributed by atoms with van der Waals surface area (Å²) in [5.41, 5.74) is 6.32. The molecule has 3 N–H and O–H groups in total. The highest BCUT2D eigenvalue weighted by Gasteiger charge is 2.34. The van der Waals surface area contributed by atoms with Gasteiger partial charge < -0.3 is 15.0 Å². The van der Waals surface area contributed by atoms with Gasteiger partial charge in [-0.25, -0.2) is 15.4 Å². The van der Waals surface area contributed by atoms with Crippen LogP contribution >= 0.6 is 0 Å². The molecule has 28 heavy (non-hydrogen) atoms. The number of aromatic nitrogens is 2. The lowest BCUT2D eigenvalue weighted by Gasteiger charge is -2.33. The van der Waals surface area contributed by atoms with Crippen LogP contribution in [0.15, 0.2) is 48.8 Å². The highest BCUT2D eigenvalue weighted by Crippen LogP contribution is 2.17. The van der Waals surface area contributed by atoms with Crippen LogP contribution in [0.4, 0.5) is 5.95 Å². The standard InChI is InChI=1S/C20H26N6O2/c27-19(18-13-16(24-25-18)14-28-17-5-2-1-3-6-17)26-11-7-15(8-12-26)23-20-21-9-4-10-22-20/h1-6,9-10,15-16,18,24-25H,7-8,11-14H2,(H,21,22,23). The highest BCUT2D eigenvalue weighted by molar-refractivity contribution is 5.82. The molecule has 2 aliphatic rings. The fraction of sp³-hybridized carbons (Fsp3) is 0.450. The van der Waals surface area contributed by atoms with E-state index in [9.17, 15) is 4.79 Å². The molecule has 2 saturated heterocycles. The lowest BCUT2D eigenvalue weighted by atomic mass is 10.0. The van der Waals surface area contributed by atoms with E-state index < -0.39 is 0 Å². The molecule has 148 valence electrons. The summed E-state index contributed by atoms with van der Waals surface area (Å²) in [6, 6.07) is 11.7. The van der Waals surface area contributed by atoms with Gasteiger partial charge in [0.25, 0.3) is 0 Å². The third-order valence-corrected chi connectivity index (χ3v) is 5.18. The van der Waals surface area contributed by atoms with Gasteiger partial charge in [0.1, 0.15) is 18.4 Å². The first-order valence-corrected chi connectivity index (χ1v) is 9.79. The number of benzene rings is 1. The predicted octanol–water partition coefficient (Wildman–Crippen LogP) is 1.19. The van der Waals surface area contributed by atoms with Gasteiger partial charge in [0, 0.05) is 31.5 Å². The molecule has 1 aromatic carbocycles. The van der Waals surface area contributed by atoms with Crippen LogP contribution < -0.4 is 20.9 Å². The second kappa shape index (κ2) is 8.99. The summed E-state index contributed by atoms with van der Waals surface area (Å²) >= 11 is 0. The molecule has 1 aromatic heterocycles. The average molecular weight is 382 g/mol. The number of anilines is 1. The van der Waals surface area contributed by atoms with E-state index in [1.54, 1.807) is 18.5 Å². The third kappa shape index (κ3) is 4.76. The minimum Gasteiger partial charge on any atom is -0.492 e. The van der Waals surface area contributed by atoms with Gasteiger partial charge in [0.05, 0.1) is 6.04 Å². The molecule has 8 nitrogen and oxygen atoms in total. The Hall–Kier alpha value is -2.71. The molecular weight excluding hydrogens is 356 g/mol. The van der Waals surface area contributed by atoms with Crippen molar-refractivity contribution < 1.29 is 9.53 Å². The van der Waals surface area contributed by atoms with Crippen molar-refractivity contribution in [2.24, 2.45) is 0 Å². The van der Waals surface area contributed by atoms with Crippen molar-refractivity contribution in [3.8, 4) is 5.75 Å². The van der Waals surface area contributed by atoms with Crippen LogP contribution in [-0.4, -0.2) is 58.6 Å². The Bertz CT molecular complexity index is 748. The molecule has 0 radical (unpaired) electrons. The number of hydrogen-bond donors (Lipinski definition) is 3. The molecule has 2 atom stereocenters. The van der Waals surface area contributed by atoms with Crippen molar-refractivity contribution in [3.05, 3.63) is 48.8 Å². The lowest BCUT2D eigenvalue weighted by Crippen LogP contribution is -2.50. The number of likely N-dealkylation sites (tertiary alicyclic amines) is 1. The van der Waals surface area contributed by atoms with Crippen LogP contribution in [0.3, 0.4) is 0 Å². The largest absolute Gasteiger partial charge is 0.492 e. The Morgan fingerprint density at radius 1 is 1.11 bits per heavy atom. The van der Waals surface area contributed by atoms with Crippen molar-refractivity contribution >= 4 is 11.9 Å². The van der Waals surface area contributed by atoms with Crippen LogP contribution in [-0.2, 0) is 4.79 Å². The molecule has 1 amide bonds. The molecule has 2 aliphatic heterocycles. The maximum absolute atomic E-state index is 12.8. The molecule has 0 bridgehead atoms. The number of nitrogens with zero attached hydrogens (tertiary/aromatic N) is 3. The van der Waals surface area contributed by atoms with Crippen molar-refractivity contribution in [1.82, 2.24) is 25.7 Å². The van der Waals surface area contributed by atoms with E-state index in [1.807, 2.05) is 35.2 Å². The second-order valence-electron chi connectivity index (χ2n) is 7.21. The van der Waals surface area contributed by atoms with Crippen LogP contribution in [0.2, 0.25) is 0 Å². The Kier molecular flexibility index (Phi) is 5.98. The van der Waals surface area contributed by atoms with Gasteiger partial charge in [-0.2, -0.15) is 0 Å². The van der Waals surface area contributed by atoms with Gasteiger partial charge in [-0.15, -0.1) is 0 Å². The first-order valence-electron chi connectivity index (χ1n) is 9.79. The van der Waals surface area contributed by atoms with Gasteiger partial charge in [-0.1, -0.05) is 18.2 Å². The Morgan fingerprint density at radius 2 is 1.86 bits per heavy atom. The number of nitrogens with one attached hydrogen (secondary N) is 3. The summed E-state index contributed by atoms with van der Waals surface area (Å²) in [4.78, 5) is 23.2. The van der Waals surface area contributed by atoms with E-state index in [0.717, 1.165) is 38.1 Å². The van der Waals surface area contributed by atoms with Crippen molar-refractivity contribution in [1.29, 1.82) is 0 Å². The number of amides is 1. The van der Waals surface area contributed by atoms with Gasteiger partial charge in [-0.05, 0) is 37.5 Å².